The van der Waals surface area contributed by atoms with E-state index in [-0.39, 0.29) is 36.2 Å². The second kappa shape index (κ2) is 14.2. The lowest BCUT2D eigenvalue weighted by molar-refractivity contribution is -0.268. The third-order valence-electron chi connectivity index (χ3n) is 8.02. The summed E-state index contributed by atoms with van der Waals surface area (Å²) in [6, 6.07) is 32.0. The number of nitrogens with one attached hydrogen (secondary N) is 1. The van der Waals surface area contributed by atoms with E-state index in [1.54, 1.807) is 35.0 Å². The molecule has 1 saturated heterocycles. The first-order chi connectivity index (χ1) is 22.3. The van der Waals surface area contributed by atoms with Crippen LogP contribution in [0, 0.1) is 5.92 Å². The normalized spacial score (nSPS) is 20.1. The molecule has 238 valence electrons. The maximum absolute atomic E-state index is 12.8. The van der Waals surface area contributed by atoms with E-state index >= 15 is 0 Å². The Morgan fingerprint density at radius 2 is 1.61 bits per heavy atom. The Bertz CT molecular complexity index is 1870. The van der Waals surface area contributed by atoms with E-state index < -0.39 is 16.3 Å². The minimum atomic E-state index is -3.63. The highest BCUT2D eigenvalue weighted by Gasteiger charge is 2.38. The van der Waals surface area contributed by atoms with Gasteiger partial charge in [0.1, 0.15) is 0 Å². The smallest absolute Gasteiger partial charge is 0.240 e. The van der Waals surface area contributed by atoms with Crippen LogP contribution < -0.4 is 4.72 Å². The molecule has 2 N–H and O–H groups in total. The highest BCUT2D eigenvalue weighted by Crippen LogP contribution is 2.43. The molecule has 2 heterocycles. The molecular weight excluding hydrogens is 623 g/mol. The van der Waals surface area contributed by atoms with Crippen molar-refractivity contribution < 1.29 is 23.0 Å². The second-order valence-corrected chi connectivity index (χ2v) is 13.9. The molecule has 4 atom stereocenters. The number of aliphatic hydroxyl groups excluding tert-OH is 1. The molecule has 5 aromatic rings. The molecule has 12 heteroatoms. The molecule has 0 radical (unpaired) electrons. The number of rotatable bonds is 11. The number of sulfonamides is 1. The van der Waals surface area contributed by atoms with Crippen molar-refractivity contribution in [3.05, 3.63) is 125 Å². The Hall–Kier alpha value is -3.91. The van der Waals surface area contributed by atoms with Crippen molar-refractivity contribution in [1.82, 2.24) is 24.9 Å². The molecule has 0 saturated carbocycles. The van der Waals surface area contributed by atoms with Gasteiger partial charge >= 0.3 is 0 Å². The number of aromatic nitrogens is 4. The summed E-state index contributed by atoms with van der Waals surface area (Å²) in [6.07, 6.45) is -1.06. The van der Waals surface area contributed by atoms with Gasteiger partial charge in [-0.3, -0.25) is 0 Å². The Kier molecular flexibility index (Phi) is 9.92. The molecule has 0 aliphatic carbocycles. The van der Waals surface area contributed by atoms with Crippen LogP contribution in [0.4, 0.5) is 0 Å². The number of thioether (sulfide) groups is 1. The van der Waals surface area contributed by atoms with Crippen LogP contribution in [-0.2, 0) is 39.7 Å². The average molecular weight is 658 g/mol. The fourth-order valence-electron chi connectivity index (χ4n) is 5.40. The lowest BCUT2D eigenvalue weighted by atomic mass is 9.91. The van der Waals surface area contributed by atoms with Gasteiger partial charge in [0.25, 0.3) is 0 Å². The summed E-state index contributed by atoms with van der Waals surface area (Å²) in [5.41, 5.74) is 5.45. The van der Waals surface area contributed by atoms with Crippen LogP contribution in [-0.4, -0.2) is 45.6 Å². The number of benzene rings is 4. The molecular formula is C34H35N5O5S2. The van der Waals surface area contributed by atoms with Crippen LogP contribution in [0.2, 0.25) is 0 Å². The summed E-state index contributed by atoms with van der Waals surface area (Å²) in [7, 11) is -1.82. The number of aliphatic hydroxyl groups is 1. The van der Waals surface area contributed by atoms with Crippen LogP contribution in [0.5, 0.6) is 0 Å². The lowest BCUT2D eigenvalue weighted by Gasteiger charge is -2.41. The summed E-state index contributed by atoms with van der Waals surface area (Å²) in [5, 5.41) is 22.1. The van der Waals surface area contributed by atoms with Gasteiger partial charge in [-0.05, 0) is 62.5 Å². The van der Waals surface area contributed by atoms with Crippen molar-refractivity contribution in [2.45, 2.75) is 48.6 Å². The number of aryl methyl sites for hydroxylation is 1. The third kappa shape index (κ3) is 7.38. The summed E-state index contributed by atoms with van der Waals surface area (Å²) in [4.78, 5) is 0.230. The topological polar surface area (TPSA) is 128 Å². The molecule has 0 unspecified atom stereocenters. The van der Waals surface area contributed by atoms with E-state index in [9.17, 15) is 13.5 Å². The standard InChI is InChI=1S/C34H35N5O5S2/c1-23-31(22-45-34-36-37-38-39(34)2)43-33(44-32(23)26-16-14-24(21-40)15-17-26)29-11-7-10-28(19-29)27-9-6-8-25(18-27)20-35-46(41,42)30-12-4-3-5-13-30/h3-19,23,31-33,35,40H,20-22H2,1-2H3/t23-,31+,32+,33+/m0/s1. The average Bonchev–Trinajstić information content (AvgIpc) is 3.51. The maximum atomic E-state index is 12.8. The molecule has 1 fully saturated rings. The zero-order chi connectivity index (χ0) is 32.1. The number of tetrazole rings is 1. The monoisotopic (exact) mass is 657 g/mol. The minimum Gasteiger partial charge on any atom is -0.392 e. The molecule has 6 rings (SSSR count). The van der Waals surface area contributed by atoms with Crippen molar-refractivity contribution in [2.75, 3.05) is 5.75 Å². The first kappa shape index (κ1) is 32.0. The first-order valence-corrected chi connectivity index (χ1v) is 17.4. The van der Waals surface area contributed by atoms with Crippen LogP contribution in [0.1, 0.15) is 41.6 Å². The maximum Gasteiger partial charge on any atom is 0.240 e. The molecule has 10 nitrogen and oxygen atoms in total. The number of ether oxygens (including phenoxy) is 2. The van der Waals surface area contributed by atoms with Gasteiger partial charge in [0, 0.05) is 30.8 Å². The van der Waals surface area contributed by atoms with Gasteiger partial charge in [-0.15, -0.1) is 5.10 Å². The molecule has 4 aromatic carbocycles. The number of hydrogen-bond donors (Lipinski definition) is 2. The van der Waals surface area contributed by atoms with Gasteiger partial charge < -0.3 is 14.6 Å². The van der Waals surface area contributed by atoms with Gasteiger partial charge in [-0.2, -0.15) is 0 Å². The van der Waals surface area contributed by atoms with E-state index in [4.69, 9.17) is 9.47 Å². The quantitative estimate of drug-likeness (QED) is 0.179. The molecule has 0 bridgehead atoms. The SMILES string of the molecule is C[C@H]1[C@@H](CSc2nnnn2C)O[C@@H](c2cccc(-c3cccc(CNS(=O)(=O)c4ccccc4)c3)c2)O[C@H]1c1ccc(CO)cc1. The van der Waals surface area contributed by atoms with Crippen molar-refractivity contribution >= 4 is 21.8 Å². The Labute approximate surface area is 272 Å². The van der Waals surface area contributed by atoms with Gasteiger partial charge in [-0.1, -0.05) is 97.5 Å². The largest absolute Gasteiger partial charge is 0.392 e. The van der Waals surface area contributed by atoms with Gasteiger partial charge in [0.15, 0.2) is 6.29 Å². The summed E-state index contributed by atoms with van der Waals surface area (Å²) in [6.45, 7) is 2.26. The predicted molar refractivity (Wildman–Crippen MR) is 175 cm³/mol. The van der Waals surface area contributed by atoms with Crippen molar-refractivity contribution in [2.24, 2.45) is 13.0 Å². The second-order valence-electron chi connectivity index (χ2n) is 11.2. The summed E-state index contributed by atoms with van der Waals surface area (Å²) < 4.78 is 43.1. The van der Waals surface area contributed by atoms with Crippen molar-refractivity contribution in [1.29, 1.82) is 0 Å². The van der Waals surface area contributed by atoms with Crippen molar-refractivity contribution in [3.63, 3.8) is 0 Å². The number of hydrogen-bond acceptors (Lipinski definition) is 9. The zero-order valence-corrected chi connectivity index (χ0v) is 27.1. The highest BCUT2D eigenvalue weighted by atomic mass is 32.2. The van der Waals surface area contributed by atoms with Crippen LogP contribution in [0.25, 0.3) is 11.1 Å². The van der Waals surface area contributed by atoms with E-state index in [0.29, 0.717) is 10.9 Å². The van der Waals surface area contributed by atoms with Crippen LogP contribution >= 0.6 is 11.8 Å². The van der Waals surface area contributed by atoms with E-state index in [1.807, 2.05) is 73.8 Å². The lowest BCUT2D eigenvalue weighted by Crippen LogP contribution is -2.38. The van der Waals surface area contributed by atoms with Crippen LogP contribution in [0.15, 0.2) is 113 Å². The highest BCUT2D eigenvalue weighted by molar-refractivity contribution is 7.99. The Morgan fingerprint density at radius 3 is 2.33 bits per heavy atom. The molecule has 0 spiro atoms. The van der Waals surface area contributed by atoms with E-state index in [2.05, 4.69) is 33.2 Å². The Balaban J connectivity index is 1.23. The fourth-order valence-corrected chi connectivity index (χ4v) is 7.45. The molecule has 46 heavy (non-hydrogen) atoms. The molecule has 1 aromatic heterocycles. The summed E-state index contributed by atoms with van der Waals surface area (Å²) >= 11 is 1.54. The summed E-state index contributed by atoms with van der Waals surface area (Å²) in [5.74, 6) is 0.644. The van der Waals surface area contributed by atoms with Gasteiger partial charge in [0.05, 0.1) is 23.7 Å². The van der Waals surface area contributed by atoms with Crippen molar-refractivity contribution in [3.8, 4) is 11.1 Å². The van der Waals surface area contributed by atoms with E-state index in [1.165, 1.54) is 11.8 Å². The molecule has 1 aliphatic rings. The molecule has 1 aliphatic heterocycles. The third-order valence-corrected chi connectivity index (χ3v) is 10.5. The van der Waals surface area contributed by atoms with E-state index in [0.717, 1.165) is 33.4 Å². The minimum absolute atomic E-state index is 0.0180. The zero-order valence-electron chi connectivity index (χ0n) is 25.4. The fraction of sp³-hybridized carbons (Fsp3) is 0.265. The molecule has 0 amide bonds. The van der Waals surface area contributed by atoms with Gasteiger partial charge in [-0.25, -0.2) is 17.8 Å². The Morgan fingerprint density at radius 1 is 0.870 bits per heavy atom. The van der Waals surface area contributed by atoms with Crippen LogP contribution in [0.3, 0.4) is 0 Å². The predicted octanol–water partition coefficient (Wildman–Crippen LogP) is 5.43. The first-order valence-electron chi connectivity index (χ1n) is 14.9. The number of nitrogens with zero attached hydrogens (tertiary/aromatic N) is 4. The van der Waals surface area contributed by atoms with Gasteiger partial charge in [0.2, 0.25) is 15.2 Å².